The summed E-state index contributed by atoms with van der Waals surface area (Å²) in [6.07, 6.45) is 2.06. The topological polar surface area (TPSA) is 96.8 Å². The smallest absolute Gasteiger partial charge is 0.155 e. The Kier molecular flexibility index (Phi) is 4.61. The van der Waals surface area contributed by atoms with Gasteiger partial charge in [0.15, 0.2) is 9.84 Å². The summed E-state index contributed by atoms with van der Waals surface area (Å²) in [5, 5.41) is 8.66. The normalized spacial score (nSPS) is 13.0. The van der Waals surface area contributed by atoms with Crippen LogP contribution < -0.4 is 5.73 Å². The maximum atomic E-state index is 11.8. The number of rotatable bonds is 5. The van der Waals surface area contributed by atoms with E-state index in [-0.39, 0.29) is 23.2 Å². The molecule has 6 heteroatoms. The van der Waals surface area contributed by atoms with Gasteiger partial charge in [0.2, 0.25) is 0 Å². The summed E-state index contributed by atoms with van der Waals surface area (Å²) >= 11 is 0. The lowest BCUT2D eigenvalue weighted by Crippen LogP contribution is -2.29. The number of nitrogens with two attached hydrogens (primary N) is 1. The third-order valence-electron chi connectivity index (χ3n) is 2.32. The molecule has 0 saturated carbocycles. The van der Waals surface area contributed by atoms with Gasteiger partial charge in [-0.05, 0) is 24.1 Å². The molecule has 1 heterocycles. The third-order valence-corrected chi connectivity index (χ3v) is 4.03. The molecular formula is C11H15N3O2S. The average molecular weight is 253 g/mol. The van der Waals surface area contributed by atoms with Crippen LogP contribution in [0.25, 0.3) is 0 Å². The first-order chi connectivity index (χ1) is 7.96. The van der Waals surface area contributed by atoms with Gasteiger partial charge < -0.3 is 5.73 Å². The number of nitrogens with zero attached hydrogens (tertiary/aromatic N) is 2. The molecule has 1 aromatic heterocycles. The highest BCUT2D eigenvalue weighted by Gasteiger charge is 2.16. The number of pyridine rings is 1. The van der Waals surface area contributed by atoms with Crippen LogP contribution in [-0.2, 0) is 15.6 Å². The Balaban J connectivity index is 2.80. The second kappa shape index (κ2) is 5.75. The molecule has 1 unspecified atom stereocenters. The zero-order valence-electron chi connectivity index (χ0n) is 9.63. The number of aromatic nitrogens is 1. The Morgan fingerprint density at radius 2 is 2.29 bits per heavy atom. The Morgan fingerprint density at radius 1 is 1.59 bits per heavy atom. The van der Waals surface area contributed by atoms with Crippen molar-refractivity contribution in [3.63, 3.8) is 0 Å². The van der Waals surface area contributed by atoms with Gasteiger partial charge in [-0.15, -0.1) is 0 Å². The first-order valence-corrected chi connectivity index (χ1v) is 7.10. The first-order valence-electron chi connectivity index (χ1n) is 5.28. The SMILES string of the molecule is CCC(N)CS(=O)(=O)Cc1ccnc(C#N)c1. The van der Waals surface area contributed by atoms with Crippen molar-refractivity contribution < 1.29 is 8.42 Å². The molecule has 0 radical (unpaired) electrons. The fraction of sp³-hybridized carbons (Fsp3) is 0.455. The monoisotopic (exact) mass is 253 g/mol. The van der Waals surface area contributed by atoms with Crippen molar-refractivity contribution in [2.75, 3.05) is 5.75 Å². The van der Waals surface area contributed by atoms with E-state index in [1.165, 1.54) is 12.3 Å². The summed E-state index contributed by atoms with van der Waals surface area (Å²) in [7, 11) is -3.23. The van der Waals surface area contributed by atoms with E-state index in [0.717, 1.165) is 0 Å². The van der Waals surface area contributed by atoms with E-state index in [1.54, 1.807) is 6.07 Å². The fourth-order valence-corrected chi connectivity index (χ4v) is 3.08. The fourth-order valence-electron chi connectivity index (χ4n) is 1.38. The highest BCUT2D eigenvalue weighted by Crippen LogP contribution is 2.08. The number of hydrogen-bond acceptors (Lipinski definition) is 5. The van der Waals surface area contributed by atoms with Gasteiger partial charge in [-0.2, -0.15) is 5.26 Å². The van der Waals surface area contributed by atoms with Crippen molar-refractivity contribution >= 4 is 9.84 Å². The second-order valence-corrected chi connectivity index (χ2v) is 5.99. The molecule has 5 nitrogen and oxygen atoms in total. The maximum absolute atomic E-state index is 11.8. The Hall–Kier alpha value is -1.45. The van der Waals surface area contributed by atoms with E-state index < -0.39 is 9.84 Å². The lowest BCUT2D eigenvalue weighted by atomic mass is 10.2. The van der Waals surface area contributed by atoms with Crippen LogP contribution in [0.3, 0.4) is 0 Å². The van der Waals surface area contributed by atoms with Gasteiger partial charge >= 0.3 is 0 Å². The highest BCUT2D eigenvalue weighted by atomic mass is 32.2. The summed E-state index contributed by atoms with van der Waals surface area (Å²) in [5.74, 6) is -0.133. The minimum absolute atomic E-state index is 0.0340. The lowest BCUT2D eigenvalue weighted by Gasteiger charge is -2.09. The van der Waals surface area contributed by atoms with Gasteiger partial charge in [0.05, 0.1) is 11.5 Å². The van der Waals surface area contributed by atoms with Gasteiger partial charge in [0.25, 0.3) is 0 Å². The van der Waals surface area contributed by atoms with Gasteiger partial charge in [-0.1, -0.05) is 6.92 Å². The van der Waals surface area contributed by atoms with E-state index in [1.807, 2.05) is 13.0 Å². The molecule has 92 valence electrons. The summed E-state index contributed by atoms with van der Waals surface area (Å²) in [5.41, 5.74) is 6.41. The predicted molar refractivity (Wildman–Crippen MR) is 64.7 cm³/mol. The lowest BCUT2D eigenvalue weighted by molar-refractivity contribution is 0.583. The van der Waals surface area contributed by atoms with Crippen LogP contribution in [0.5, 0.6) is 0 Å². The van der Waals surface area contributed by atoms with Crippen LogP contribution in [-0.4, -0.2) is 25.2 Å². The standard InChI is InChI=1S/C11H15N3O2S/c1-2-10(13)8-17(15,16)7-9-3-4-14-11(5-9)6-12/h3-5,10H,2,7-8,13H2,1H3. The van der Waals surface area contributed by atoms with Crippen molar-refractivity contribution in [3.05, 3.63) is 29.6 Å². The summed E-state index contributed by atoms with van der Waals surface area (Å²) < 4.78 is 23.6. The van der Waals surface area contributed by atoms with Crippen LogP contribution in [0.4, 0.5) is 0 Å². The molecule has 0 fully saturated rings. The van der Waals surface area contributed by atoms with Gasteiger partial charge in [-0.3, -0.25) is 0 Å². The molecule has 0 aliphatic heterocycles. The van der Waals surface area contributed by atoms with Gasteiger partial charge in [0.1, 0.15) is 11.8 Å². The number of sulfone groups is 1. The number of nitriles is 1. The first kappa shape index (κ1) is 13.6. The molecule has 1 aromatic rings. The molecule has 0 aliphatic carbocycles. The molecule has 0 aliphatic rings. The Labute approximate surface area is 101 Å². The van der Waals surface area contributed by atoms with E-state index in [0.29, 0.717) is 12.0 Å². The van der Waals surface area contributed by atoms with E-state index in [9.17, 15) is 8.42 Å². The van der Waals surface area contributed by atoms with E-state index >= 15 is 0 Å². The minimum atomic E-state index is -3.23. The molecule has 2 N–H and O–H groups in total. The quantitative estimate of drug-likeness (QED) is 0.829. The molecule has 0 spiro atoms. The van der Waals surface area contributed by atoms with Crippen molar-refractivity contribution in [2.45, 2.75) is 25.1 Å². The zero-order chi connectivity index (χ0) is 12.9. The molecule has 0 saturated heterocycles. The average Bonchev–Trinajstić information content (AvgIpc) is 2.27. The summed E-state index contributed by atoms with van der Waals surface area (Å²) in [6.45, 7) is 1.85. The molecule has 17 heavy (non-hydrogen) atoms. The van der Waals surface area contributed by atoms with Crippen LogP contribution in [0.2, 0.25) is 0 Å². The minimum Gasteiger partial charge on any atom is -0.327 e. The van der Waals surface area contributed by atoms with Crippen molar-refractivity contribution in [1.29, 1.82) is 5.26 Å². The largest absolute Gasteiger partial charge is 0.327 e. The van der Waals surface area contributed by atoms with Crippen molar-refractivity contribution in [1.82, 2.24) is 4.98 Å². The summed E-state index contributed by atoms with van der Waals surface area (Å²) in [6, 6.07) is 4.61. The van der Waals surface area contributed by atoms with Crippen LogP contribution in [0.15, 0.2) is 18.3 Å². The molecule has 1 atom stereocenters. The molecule has 0 bridgehead atoms. The van der Waals surface area contributed by atoms with Crippen LogP contribution in [0.1, 0.15) is 24.6 Å². The third kappa shape index (κ3) is 4.51. The Bertz CT molecular complexity index is 520. The second-order valence-electron chi connectivity index (χ2n) is 3.88. The predicted octanol–water partition coefficient (Wildman–Crippen LogP) is 0.605. The summed E-state index contributed by atoms with van der Waals surface area (Å²) in [4.78, 5) is 3.78. The zero-order valence-corrected chi connectivity index (χ0v) is 10.4. The molecule has 0 amide bonds. The van der Waals surface area contributed by atoms with Gasteiger partial charge in [0, 0.05) is 12.2 Å². The van der Waals surface area contributed by atoms with Gasteiger partial charge in [-0.25, -0.2) is 13.4 Å². The van der Waals surface area contributed by atoms with E-state index in [2.05, 4.69) is 4.98 Å². The molecule has 0 aromatic carbocycles. The van der Waals surface area contributed by atoms with Crippen LogP contribution >= 0.6 is 0 Å². The molecule has 1 rings (SSSR count). The van der Waals surface area contributed by atoms with Crippen molar-refractivity contribution in [2.24, 2.45) is 5.73 Å². The number of hydrogen-bond donors (Lipinski definition) is 1. The maximum Gasteiger partial charge on any atom is 0.155 e. The molecular weight excluding hydrogens is 238 g/mol. The van der Waals surface area contributed by atoms with E-state index in [4.69, 9.17) is 11.0 Å². The van der Waals surface area contributed by atoms with Crippen molar-refractivity contribution in [3.8, 4) is 6.07 Å². The highest BCUT2D eigenvalue weighted by molar-refractivity contribution is 7.90. The Morgan fingerprint density at radius 3 is 2.88 bits per heavy atom. The van der Waals surface area contributed by atoms with Crippen LogP contribution in [0, 0.1) is 11.3 Å².